The molecule has 2 N–H and O–H groups in total. The van der Waals surface area contributed by atoms with Crippen molar-refractivity contribution in [3.63, 3.8) is 0 Å². The summed E-state index contributed by atoms with van der Waals surface area (Å²) in [5.74, 6) is 0.514. The highest BCUT2D eigenvalue weighted by Gasteiger charge is 2.34. The van der Waals surface area contributed by atoms with E-state index < -0.39 is 12.7 Å². The van der Waals surface area contributed by atoms with Gasteiger partial charge in [-0.25, -0.2) is 0 Å². The van der Waals surface area contributed by atoms with Gasteiger partial charge in [0.15, 0.2) is 0 Å². The fourth-order valence-corrected chi connectivity index (χ4v) is 2.64. The van der Waals surface area contributed by atoms with E-state index in [2.05, 4.69) is 19.2 Å². The molecule has 0 aromatic carbocycles. The molecule has 0 aromatic rings. The minimum absolute atomic E-state index is 0.0585. The predicted octanol–water partition coefficient (Wildman–Crippen LogP) is 2.90. The zero-order chi connectivity index (χ0) is 16.5. The van der Waals surface area contributed by atoms with Crippen molar-refractivity contribution < 1.29 is 18.3 Å². The number of nitrogens with one attached hydrogen (secondary N) is 1. The number of aliphatic hydroxyl groups excluding tert-OH is 1. The average molecular weight is 312 g/mol. The quantitative estimate of drug-likeness (QED) is 0.616. The molecule has 0 saturated carbocycles. The normalized spacial score (nSPS) is 15.7. The van der Waals surface area contributed by atoms with E-state index in [0.717, 1.165) is 19.4 Å². The van der Waals surface area contributed by atoms with Gasteiger partial charge in [0, 0.05) is 19.6 Å². The number of hydrogen-bond donors (Lipinski definition) is 2. The summed E-state index contributed by atoms with van der Waals surface area (Å²) in [6.07, 6.45) is -2.44. The zero-order valence-corrected chi connectivity index (χ0v) is 13.8. The van der Waals surface area contributed by atoms with Gasteiger partial charge >= 0.3 is 6.18 Å². The third-order valence-electron chi connectivity index (χ3n) is 3.38. The standard InChI is InChI=1S/C15H31F3N2O/c1-5-6-14(4,10-19-9-13(2)3)11-20(7-8-21)12-15(16,17)18/h13,19,21H,5-12H2,1-4H3. The average Bonchev–Trinajstić information content (AvgIpc) is 2.26. The molecule has 3 nitrogen and oxygen atoms in total. The number of hydrogen-bond acceptors (Lipinski definition) is 3. The maximum Gasteiger partial charge on any atom is 0.401 e. The minimum Gasteiger partial charge on any atom is -0.395 e. The first-order chi connectivity index (χ1) is 9.62. The van der Waals surface area contributed by atoms with Crippen molar-refractivity contribution in [2.45, 2.75) is 46.7 Å². The third-order valence-corrected chi connectivity index (χ3v) is 3.38. The summed E-state index contributed by atoms with van der Waals surface area (Å²) in [5.41, 5.74) is -0.218. The van der Waals surface area contributed by atoms with Gasteiger partial charge in [0.2, 0.25) is 0 Å². The van der Waals surface area contributed by atoms with Crippen molar-refractivity contribution in [1.29, 1.82) is 0 Å². The second-order valence-electron chi connectivity index (χ2n) is 6.63. The Morgan fingerprint density at radius 1 is 1.19 bits per heavy atom. The fraction of sp³-hybridized carbons (Fsp3) is 1.00. The Labute approximate surface area is 126 Å². The van der Waals surface area contributed by atoms with E-state index in [0.29, 0.717) is 19.0 Å². The molecule has 0 bridgehead atoms. The van der Waals surface area contributed by atoms with E-state index in [1.807, 2.05) is 13.8 Å². The van der Waals surface area contributed by atoms with Crippen LogP contribution in [0.4, 0.5) is 13.2 Å². The SMILES string of the molecule is CCCC(C)(CNCC(C)C)CN(CCO)CC(F)(F)F. The summed E-state index contributed by atoms with van der Waals surface area (Å²) >= 11 is 0. The maximum atomic E-state index is 12.6. The fourth-order valence-electron chi connectivity index (χ4n) is 2.64. The van der Waals surface area contributed by atoms with Gasteiger partial charge in [-0.05, 0) is 24.3 Å². The molecule has 0 radical (unpaired) electrons. The van der Waals surface area contributed by atoms with Gasteiger partial charge in [-0.15, -0.1) is 0 Å². The Hall–Kier alpha value is -0.330. The van der Waals surface area contributed by atoms with Crippen molar-refractivity contribution >= 4 is 0 Å². The van der Waals surface area contributed by atoms with Crippen molar-refractivity contribution in [1.82, 2.24) is 10.2 Å². The molecule has 128 valence electrons. The van der Waals surface area contributed by atoms with Crippen molar-refractivity contribution in [3.05, 3.63) is 0 Å². The molecule has 0 aliphatic carbocycles. The molecule has 0 aromatic heterocycles. The van der Waals surface area contributed by atoms with E-state index >= 15 is 0 Å². The van der Waals surface area contributed by atoms with E-state index in [-0.39, 0.29) is 18.6 Å². The molecule has 0 spiro atoms. The lowest BCUT2D eigenvalue weighted by Gasteiger charge is -2.36. The molecule has 0 heterocycles. The number of rotatable bonds is 11. The first-order valence-corrected chi connectivity index (χ1v) is 7.72. The second kappa shape index (κ2) is 9.64. The predicted molar refractivity (Wildman–Crippen MR) is 80.3 cm³/mol. The summed E-state index contributed by atoms with van der Waals surface area (Å²) in [7, 11) is 0. The van der Waals surface area contributed by atoms with Crippen LogP contribution in [0.1, 0.15) is 40.5 Å². The lowest BCUT2D eigenvalue weighted by atomic mass is 9.84. The Morgan fingerprint density at radius 2 is 1.81 bits per heavy atom. The highest BCUT2D eigenvalue weighted by Crippen LogP contribution is 2.26. The van der Waals surface area contributed by atoms with Crippen LogP contribution < -0.4 is 5.32 Å². The molecule has 0 saturated heterocycles. The smallest absolute Gasteiger partial charge is 0.395 e. The molecule has 0 fully saturated rings. The van der Waals surface area contributed by atoms with Crippen molar-refractivity contribution in [2.24, 2.45) is 11.3 Å². The summed E-state index contributed by atoms with van der Waals surface area (Å²) in [6, 6.07) is 0. The summed E-state index contributed by atoms with van der Waals surface area (Å²) < 4.78 is 37.8. The van der Waals surface area contributed by atoms with Gasteiger partial charge in [-0.2, -0.15) is 13.2 Å². The van der Waals surface area contributed by atoms with Crippen molar-refractivity contribution in [2.75, 3.05) is 39.3 Å². The molecule has 0 aliphatic heterocycles. The van der Waals surface area contributed by atoms with Gasteiger partial charge in [0.25, 0.3) is 0 Å². The van der Waals surface area contributed by atoms with Crippen LogP contribution in [0.25, 0.3) is 0 Å². The third kappa shape index (κ3) is 11.0. The Morgan fingerprint density at radius 3 is 2.24 bits per heavy atom. The van der Waals surface area contributed by atoms with Gasteiger partial charge in [0.05, 0.1) is 13.2 Å². The lowest BCUT2D eigenvalue weighted by molar-refractivity contribution is -0.149. The van der Waals surface area contributed by atoms with Crippen molar-refractivity contribution in [3.8, 4) is 0 Å². The number of nitrogens with zero attached hydrogens (tertiary/aromatic N) is 1. The highest BCUT2D eigenvalue weighted by molar-refractivity contribution is 4.82. The van der Waals surface area contributed by atoms with Crippen LogP contribution in [0.5, 0.6) is 0 Å². The number of halogens is 3. The Kier molecular flexibility index (Phi) is 9.49. The zero-order valence-electron chi connectivity index (χ0n) is 13.8. The monoisotopic (exact) mass is 312 g/mol. The summed E-state index contributed by atoms with van der Waals surface area (Å²) in [5, 5.41) is 12.3. The van der Waals surface area contributed by atoms with Crippen LogP contribution in [0, 0.1) is 11.3 Å². The van der Waals surface area contributed by atoms with E-state index in [4.69, 9.17) is 5.11 Å². The largest absolute Gasteiger partial charge is 0.401 e. The molecule has 6 heteroatoms. The minimum atomic E-state index is -4.23. The molecule has 0 rings (SSSR count). The molecule has 1 atom stereocenters. The molecule has 0 aliphatic rings. The summed E-state index contributed by atoms with van der Waals surface area (Å²) in [4.78, 5) is 1.31. The van der Waals surface area contributed by atoms with Crippen LogP contribution in [-0.4, -0.2) is 55.5 Å². The molecule has 21 heavy (non-hydrogen) atoms. The Bertz CT molecular complexity index is 272. The van der Waals surface area contributed by atoms with Crippen LogP contribution >= 0.6 is 0 Å². The molecular weight excluding hydrogens is 281 g/mol. The van der Waals surface area contributed by atoms with Gasteiger partial charge in [-0.3, -0.25) is 4.90 Å². The van der Waals surface area contributed by atoms with Gasteiger partial charge in [0.1, 0.15) is 0 Å². The van der Waals surface area contributed by atoms with E-state index in [1.165, 1.54) is 4.90 Å². The number of aliphatic hydroxyl groups is 1. The highest BCUT2D eigenvalue weighted by atomic mass is 19.4. The first-order valence-electron chi connectivity index (χ1n) is 7.72. The van der Waals surface area contributed by atoms with Crippen LogP contribution in [0.3, 0.4) is 0 Å². The molecule has 1 unspecified atom stereocenters. The van der Waals surface area contributed by atoms with Crippen LogP contribution in [-0.2, 0) is 0 Å². The van der Waals surface area contributed by atoms with E-state index in [1.54, 1.807) is 0 Å². The first kappa shape index (κ1) is 20.7. The van der Waals surface area contributed by atoms with E-state index in [9.17, 15) is 13.2 Å². The van der Waals surface area contributed by atoms with Gasteiger partial charge < -0.3 is 10.4 Å². The molecule has 0 amide bonds. The van der Waals surface area contributed by atoms with Crippen LogP contribution in [0.2, 0.25) is 0 Å². The lowest BCUT2D eigenvalue weighted by Crippen LogP contribution is -2.46. The summed E-state index contributed by atoms with van der Waals surface area (Å²) in [6.45, 7) is 9.00. The Balaban J connectivity index is 4.65. The van der Waals surface area contributed by atoms with Crippen LogP contribution in [0.15, 0.2) is 0 Å². The van der Waals surface area contributed by atoms with Gasteiger partial charge in [-0.1, -0.05) is 34.1 Å². The number of alkyl halides is 3. The topological polar surface area (TPSA) is 35.5 Å². The maximum absolute atomic E-state index is 12.6. The second-order valence-corrected chi connectivity index (χ2v) is 6.63. The molecular formula is C15H31F3N2O.